The second kappa shape index (κ2) is 5.98. The number of benzene rings is 1. The van der Waals surface area contributed by atoms with E-state index in [0.29, 0.717) is 6.61 Å². The van der Waals surface area contributed by atoms with Gasteiger partial charge in [-0.25, -0.2) is 0 Å². The van der Waals surface area contributed by atoms with E-state index >= 15 is 0 Å². The molecule has 2 N–H and O–H groups in total. The molecule has 1 aromatic carbocycles. The highest BCUT2D eigenvalue weighted by molar-refractivity contribution is 6.32. The molecule has 1 aliphatic rings. The normalized spacial score (nSPS) is 15.6. The van der Waals surface area contributed by atoms with Crippen molar-refractivity contribution in [3.8, 4) is 11.5 Å². The number of rotatable bonds is 4. The molecule has 116 valence electrons. The topological polar surface area (TPSA) is 67.8 Å². The largest absolute Gasteiger partial charge is 0.486 e. The average Bonchev–Trinajstić information content (AvgIpc) is 2.37. The molecule has 0 bridgehead atoms. The Morgan fingerprint density at radius 2 is 2.05 bits per heavy atom. The molecule has 1 atom stereocenters. The number of aliphatic carboxylic acids is 1. The molecule has 0 saturated carbocycles. The van der Waals surface area contributed by atoms with E-state index in [2.05, 4.69) is 0 Å². The zero-order valence-electron chi connectivity index (χ0n) is 10.5. The Labute approximate surface area is 122 Å². The van der Waals surface area contributed by atoms with Crippen LogP contribution in [0.3, 0.4) is 0 Å². The standard InChI is InChI=1S/C12H11ClF3NO4/c13-7-3-6(4-8-10(7)21-2-1-20-8)9(11(18)19)17-5-12(14,15)16/h3-4,9,17H,1-2,5H2,(H,18,19). The van der Waals surface area contributed by atoms with Gasteiger partial charge in [0.2, 0.25) is 0 Å². The van der Waals surface area contributed by atoms with Gasteiger partial charge in [-0.05, 0) is 17.7 Å². The number of hydrogen-bond acceptors (Lipinski definition) is 4. The van der Waals surface area contributed by atoms with Gasteiger partial charge in [0.15, 0.2) is 11.5 Å². The van der Waals surface area contributed by atoms with E-state index in [0.717, 1.165) is 0 Å². The summed E-state index contributed by atoms with van der Waals surface area (Å²) in [5.74, 6) is -0.984. The maximum absolute atomic E-state index is 12.2. The zero-order valence-corrected chi connectivity index (χ0v) is 11.3. The van der Waals surface area contributed by atoms with Crippen LogP contribution in [0.5, 0.6) is 11.5 Å². The van der Waals surface area contributed by atoms with Crippen molar-refractivity contribution < 1.29 is 32.5 Å². The Morgan fingerprint density at radius 3 is 2.67 bits per heavy atom. The van der Waals surface area contributed by atoms with Crippen LogP contribution in [0.15, 0.2) is 12.1 Å². The number of hydrogen-bond donors (Lipinski definition) is 2. The smallest absolute Gasteiger partial charge is 0.401 e. The third-order valence-corrected chi connectivity index (χ3v) is 2.99. The highest BCUT2D eigenvalue weighted by atomic mass is 35.5. The molecule has 0 aromatic heterocycles. The average molecular weight is 326 g/mol. The first kappa shape index (κ1) is 15.7. The SMILES string of the molecule is O=C(O)C(NCC(F)(F)F)c1cc(Cl)c2c(c1)OCCO2. The first-order valence-electron chi connectivity index (χ1n) is 5.90. The molecule has 1 aromatic rings. The van der Waals surface area contributed by atoms with Crippen molar-refractivity contribution in [1.29, 1.82) is 0 Å². The molecule has 0 radical (unpaired) electrons. The second-order valence-electron chi connectivity index (χ2n) is 4.29. The first-order valence-corrected chi connectivity index (χ1v) is 6.28. The van der Waals surface area contributed by atoms with Gasteiger partial charge in [0.1, 0.15) is 19.3 Å². The Hall–Kier alpha value is -1.67. The van der Waals surface area contributed by atoms with Crippen LogP contribution in [0.2, 0.25) is 5.02 Å². The molecule has 9 heteroatoms. The monoisotopic (exact) mass is 325 g/mol. The van der Waals surface area contributed by atoms with Crippen molar-refractivity contribution in [3.63, 3.8) is 0 Å². The molecule has 0 spiro atoms. The van der Waals surface area contributed by atoms with Crippen molar-refractivity contribution in [3.05, 3.63) is 22.7 Å². The van der Waals surface area contributed by atoms with Crippen LogP contribution >= 0.6 is 11.6 Å². The highest BCUT2D eigenvalue weighted by Crippen LogP contribution is 2.39. The Kier molecular flexibility index (Phi) is 4.48. The summed E-state index contributed by atoms with van der Waals surface area (Å²) in [5.41, 5.74) is 0.0565. The number of carboxylic acid groups (broad SMARTS) is 1. The van der Waals surface area contributed by atoms with Crippen molar-refractivity contribution in [1.82, 2.24) is 5.32 Å². The van der Waals surface area contributed by atoms with Crippen LogP contribution in [-0.4, -0.2) is 37.0 Å². The number of nitrogens with one attached hydrogen (secondary N) is 1. The van der Waals surface area contributed by atoms with Crippen LogP contribution in [0.25, 0.3) is 0 Å². The number of carbonyl (C=O) groups is 1. The summed E-state index contributed by atoms with van der Waals surface area (Å²) in [4.78, 5) is 11.2. The Bertz CT molecular complexity index is 550. The molecular weight excluding hydrogens is 315 g/mol. The van der Waals surface area contributed by atoms with Gasteiger partial charge in [0, 0.05) is 0 Å². The van der Waals surface area contributed by atoms with Crippen LogP contribution in [0.4, 0.5) is 13.2 Å². The fourth-order valence-corrected chi connectivity index (χ4v) is 2.14. The summed E-state index contributed by atoms with van der Waals surface area (Å²) in [5, 5.41) is 11.1. The van der Waals surface area contributed by atoms with E-state index in [1.54, 1.807) is 0 Å². The number of carboxylic acids is 1. The summed E-state index contributed by atoms with van der Waals surface area (Å²) >= 11 is 5.94. The van der Waals surface area contributed by atoms with Crippen molar-refractivity contribution in [2.75, 3.05) is 19.8 Å². The molecule has 1 unspecified atom stereocenters. The molecule has 0 aliphatic carbocycles. The van der Waals surface area contributed by atoms with Crippen LogP contribution < -0.4 is 14.8 Å². The van der Waals surface area contributed by atoms with Crippen molar-refractivity contribution >= 4 is 17.6 Å². The predicted molar refractivity (Wildman–Crippen MR) is 66.9 cm³/mol. The molecule has 0 amide bonds. The maximum Gasteiger partial charge on any atom is 0.401 e. The number of halogens is 4. The summed E-state index contributed by atoms with van der Waals surface area (Å²) in [6, 6.07) is 1.000. The number of alkyl halides is 3. The molecular formula is C12H11ClF3NO4. The van der Waals surface area contributed by atoms with Crippen molar-refractivity contribution in [2.24, 2.45) is 0 Å². The Balaban J connectivity index is 2.28. The minimum absolute atomic E-state index is 0.0565. The lowest BCUT2D eigenvalue weighted by Gasteiger charge is -2.22. The molecule has 1 aliphatic heterocycles. The fraction of sp³-hybridized carbons (Fsp3) is 0.417. The van der Waals surface area contributed by atoms with E-state index in [1.165, 1.54) is 12.1 Å². The third kappa shape index (κ3) is 3.92. The van der Waals surface area contributed by atoms with Gasteiger partial charge in [-0.2, -0.15) is 13.2 Å². The van der Waals surface area contributed by atoms with Gasteiger partial charge < -0.3 is 14.6 Å². The van der Waals surface area contributed by atoms with Gasteiger partial charge >= 0.3 is 12.1 Å². The van der Waals surface area contributed by atoms with Crippen LogP contribution in [0.1, 0.15) is 11.6 Å². The quantitative estimate of drug-likeness (QED) is 0.889. The third-order valence-electron chi connectivity index (χ3n) is 2.71. The van der Waals surface area contributed by atoms with E-state index in [4.69, 9.17) is 26.2 Å². The summed E-state index contributed by atoms with van der Waals surface area (Å²) in [6.07, 6.45) is -4.52. The van der Waals surface area contributed by atoms with E-state index < -0.39 is 24.7 Å². The lowest BCUT2D eigenvalue weighted by Crippen LogP contribution is -2.36. The summed E-state index contributed by atoms with van der Waals surface area (Å²) < 4.78 is 47.2. The molecule has 5 nitrogen and oxygen atoms in total. The minimum Gasteiger partial charge on any atom is -0.486 e. The lowest BCUT2D eigenvalue weighted by atomic mass is 10.1. The van der Waals surface area contributed by atoms with E-state index in [9.17, 15) is 18.0 Å². The Morgan fingerprint density at radius 1 is 1.38 bits per heavy atom. The van der Waals surface area contributed by atoms with E-state index in [1.807, 2.05) is 5.32 Å². The molecule has 1 heterocycles. The van der Waals surface area contributed by atoms with Crippen molar-refractivity contribution in [2.45, 2.75) is 12.2 Å². The van der Waals surface area contributed by atoms with Gasteiger partial charge in [-0.1, -0.05) is 11.6 Å². The van der Waals surface area contributed by atoms with Gasteiger partial charge in [0.05, 0.1) is 11.6 Å². The van der Waals surface area contributed by atoms with Gasteiger partial charge in [-0.3, -0.25) is 10.1 Å². The molecule has 0 saturated heterocycles. The highest BCUT2D eigenvalue weighted by Gasteiger charge is 2.31. The lowest BCUT2D eigenvalue weighted by molar-refractivity contribution is -0.143. The predicted octanol–water partition coefficient (Wildman–Crippen LogP) is 2.39. The van der Waals surface area contributed by atoms with Crippen LogP contribution in [0, 0.1) is 0 Å². The fourth-order valence-electron chi connectivity index (χ4n) is 1.86. The minimum atomic E-state index is -4.52. The van der Waals surface area contributed by atoms with Gasteiger partial charge in [-0.15, -0.1) is 0 Å². The summed E-state index contributed by atoms with van der Waals surface area (Å²) in [7, 11) is 0. The second-order valence-corrected chi connectivity index (χ2v) is 4.70. The summed E-state index contributed by atoms with van der Waals surface area (Å²) in [6.45, 7) is -0.892. The number of ether oxygens (including phenoxy) is 2. The molecule has 0 fully saturated rings. The van der Waals surface area contributed by atoms with Gasteiger partial charge in [0.25, 0.3) is 0 Å². The molecule has 21 heavy (non-hydrogen) atoms. The van der Waals surface area contributed by atoms with E-state index in [-0.39, 0.29) is 28.7 Å². The van der Waals surface area contributed by atoms with Crippen LogP contribution in [-0.2, 0) is 4.79 Å². The maximum atomic E-state index is 12.2. The molecule has 2 rings (SSSR count). The zero-order chi connectivity index (χ0) is 15.6. The first-order chi connectivity index (χ1) is 9.78. The number of fused-ring (bicyclic) bond motifs is 1.